The summed E-state index contributed by atoms with van der Waals surface area (Å²) in [6.07, 6.45) is 8.85. The summed E-state index contributed by atoms with van der Waals surface area (Å²) < 4.78 is 43.7. The summed E-state index contributed by atoms with van der Waals surface area (Å²) in [4.78, 5) is 27.4. The van der Waals surface area contributed by atoms with Crippen LogP contribution in [0.3, 0.4) is 0 Å². The molecule has 0 saturated heterocycles. The normalized spacial score (nSPS) is 15.5. The van der Waals surface area contributed by atoms with E-state index in [9.17, 15) is 9.59 Å². The fourth-order valence-electron chi connectivity index (χ4n) is 8.10. The lowest BCUT2D eigenvalue weighted by atomic mass is 9.78. The lowest BCUT2D eigenvalue weighted by molar-refractivity contribution is -0.153. The standard InChI is InChI=1S/C52H60O9/c1-6-7-8-9-10-11-12-13-20-25-43(54)48-45(55-3)33-46(56-4)49(51(48)57-5)47-42-31-30-41(59-35-38-23-18-15-19-24-38)32-44(42)61-50(52(47)60-36(2)53)39-26-28-40(29-27-39)58-34-37-21-16-14-17-22-37/h14-19,21-24,26-33,47,50,52H,6-13,20,25,34-35H2,1-5H3/t47-,50-,52+/m1/s1. The molecule has 0 fully saturated rings. The molecule has 0 saturated carbocycles. The number of carbonyl (C=O) groups is 2. The minimum atomic E-state index is -0.923. The topological polar surface area (TPSA) is 98.8 Å². The van der Waals surface area contributed by atoms with E-state index in [1.54, 1.807) is 20.3 Å². The van der Waals surface area contributed by atoms with Gasteiger partial charge in [0.25, 0.3) is 0 Å². The van der Waals surface area contributed by atoms with Crippen LogP contribution in [0.25, 0.3) is 0 Å². The number of methoxy groups -OCH3 is 3. The highest BCUT2D eigenvalue weighted by Gasteiger charge is 2.46. The van der Waals surface area contributed by atoms with Gasteiger partial charge in [0, 0.05) is 36.6 Å². The predicted molar refractivity (Wildman–Crippen MR) is 237 cm³/mol. The van der Waals surface area contributed by atoms with Gasteiger partial charge in [0.05, 0.1) is 27.2 Å². The Morgan fingerprint density at radius 3 is 1.77 bits per heavy atom. The molecule has 9 nitrogen and oxygen atoms in total. The molecule has 1 heterocycles. The van der Waals surface area contributed by atoms with E-state index in [0.29, 0.717) is 70.8 Å². The Labute approximate surface area is 361 Å². The van der Waals surface area contributed by atoms with Crippen molar-refractivity contribution in [2.75, 3.05) is 21.3 Å². The zero-order valence-electron chi connectivity index (χ0n) is 36.3. The molecule has 0 bridgehead atoms. The Bertz CT molecular complexity index is 2150. The third-order valence-electron chi connectivity index (χ3n) is 11.2. The van der Waals surface area contributed by atoms with Gasteiger partial charge in [-0.3, -0.25) is 9.59 Å². The van der Waals surface area contributed by atoms with Crippen LogP contribution in [0.2, 0.25) is 0 Å². The Morgan fingerprint density at radius 2 is 1.20 bits per heavy atom. The van der Waals surface area contributed by atoms with E-state index in [-0.39, 0.29) is 5.78 Å². The highest BCUT2D eigenvalue weighted by atomic mass is 16.6. The number of carbonyl (C=O) groups excluding carboxylic acids is 2. The van der Waals surface area contributed by atoms with Crippen LogP contribution in [0.5, 0.6) is 34.5 Å². The van der Waals surface area contributed by atoms with Crippen molar-refractivity contribution in [3.05, 3.63) is 143 Å². The lowest BCUT2D eigenvalue weighted by Gasteiger charge is -2.40. The first-order valence-electron chi connectivity index (χ1n) is 21.6. The van der Waals surface area contributed by atoms with Gasteiger partial charge in [0.15, 0.2) is 18.0 Å². The molecule has 3 atom stereocenters. The van der Waals surface area contributed by atoms with E-state index < -0.39 is 24.1 Å². The van der Waals surface area contributed by atoms with Crippen molar-refractivity contribution in [1.82, 2.24) is 0 Å². The summed E-state index contributed by atoms with van der Waals surface area (Å²) in [5.41, 5.74) is 4.40. The van der Waals surface area contributed by atoms with Crippen LogP contribution < -0.4 is 28.4 Å². The van der Waals surface area contributed by atoms with Crippen molar-refractivity contribution in [2.24, 2.45) is 0 Å². The third-order valence-corrected chi connectivity index (χ3v) is 11.2. The lowest BCUT2D eigenvalue weighted by Crippen LogP contribution is -2.38. The summed E-state index contributed by atoms with van der Waals surface area (Å²) in [6, 6.07) is 34.9. The van der Waals surface area contributed by atoms with Gasteiger partial charge in [0.1, 0.15) is 53.3 Å². The maximum atomic E-state index is 14.3. The van der Waals surface area contributed by atoms with E-state index in [1.807, 2.05) is 103 Å². The molecule has 61 heavy (non-hydrogen) atoms. The second kappa shape index (κ2) is 22.6. The zero-order chi connectivity index (χ0) is 43.0. The summed E-state index contributed by atoms with van der Waals surface area (Å²) in [7, 11) is 4.64. The Hall–Kier alpha value is -5.96. The number of ether oxygens (including phenoxy) is 7. The van der Waals surface area contributed by atoms with E-state index in [0.717, 1.165) is 36.0 Å². The number of benzene rings is 5. The molecule has 5 aromatic carbocycles. The Kier molecular flexibility index (Phi) is 16.5. The summed E-state index contributed by atoms with van der Waals surface area (Å²) in [5.74, 6) is 1.56. The second-order valence-corrected chi connectivity index (χ2v) is 15.5. The van der Waals surface area contributed by atoms with Crippen molar-refractivity contribution in [2.45, 2.75) is 109 Å². The van der Waals surface area contributed by atoms with E-state index in [4.69, 9.17) is 33.2 Å². The molecule has 322 valence electrons. The van der Waals surface area contributed by atoms with Crippen molar-refractivity contribution in [3.63, 3.8) is 0 Å². The van der Waals surface area contributed by atoms with Crippen molar-refractivity contribution >= 4 is 11.8 Å². The van der Waals surface area contributed by atoms with Gasteiger partial charge in [-0.15, -0.1) is 0 Å². The number of Topliss-reactive ketones (excluding diaryl/α,β-unsaturated/α-hetero) is 1. The Balaban J connectivity index is 1.39. The van der Waals surface area contributed by atoms with Crippen molar-refractivity contribution in [1.29, 1.82) is 0 Å². The monoisotopic (exact) mass is 828 g/mol. The fourth-order valence-corrected chi connectivity index (χ4v) is 8.10. The maximum absolute atomic E-state index is 14.3. The molecule has 6 rings (SSSR count). The number of ketones is 1. The van der Waals surface area contributed by atoms with Crippen LogP contribution in [0.15, 0.2) is 109 Å². The molecular weight excluding hydrogens is 769 g/mol. The summed E-state index contributed by atoms with van der Waals surface area (Å²) in [6.45, 7) is 4.38. The number of unbranched alkanes of at least 4 members (excludes halogenated alkanes) is 8. The molecule has 0 aromatic heterocycles. The van der Waals surface area contributed by atoms with E-state index in [2.05, 4.69) is 6.92 Å². The number of hydrogen-bond acceptors (Lipinski definition) is 9. The van der Waals surface area contributed by atoms with Gasteiger partial charge in [-0.05, 0) is 41.3 Å². The minimum Gasteiger partial charge on any atom is -0.496 e. The number of esters is 1. The second-order valence-electron chi connectivity index (χ2n) is 15.5. The number of fused-ring (bicyclic) bond motifs is 1. The quantitative estimate of drug-likeness (QED) is 0.0362. The summed E-state index contributed by atoms with van der Waals surface area (Å²) in [5, 5.41) is 0. The molecule has 1 aliphatic heterocycles. The van der Waals surface area contributed by atoms with Crippen molar-refractivity contribution in [3.8, 4) is 34.5 Å². The largest absolute Gasteiger partial charge is 0.496 e. The van der Waals surface area contributed by atoms with Gasteiger partial charge in [-0.25, -0.2) is 0 Å². The first-order chi connectivity index (χ1) is 29.8. The van der Waals surface area contributed by atoms with Gasteiger partial charge in [-0.1, -0.05) is 137 Å². The molecule has 0 amide bonds. The molecule has 0 radical (unpaired) electrons. The maximum Gasteiger partial charge on any atom is 0.303 e. The SMILES string of the molecule is CCCCCCCCCCCC(=O)c1c(OC)cc(OC)c([C@H]2c3ccc(OCc4ccccc4)cc3O[C@H](c3ccc(OCc4ccccc4)cc3)[C@H]2OC(C)=O)c1OC. The van der Waals surface area contributed by atoms with Crippen LogP contribution in [-0.4, -0.2) is 39.2 Å². The highest BCUT2D eigenvalue weighted by molar-refractivity contribution is 6.02. The molecule has 1 aliphatic rings. The van der Waals surface area contributed by atoms with Crippen LogP contribution in [0, 0.1) is 0 Å². The molecule has 0 spiro atoms. The predicted octanol–water partition coefficient (Wildman–Crippen LogP) is 12.2. The van der Waals surface area contributed by atoms with Crippen LogP contribution in [0.1, 0.15) is 128 Å². The first-order valence-corrected chi connectivity index (χ1v) is 21.6. The average molecular weight is 829 g/mol. The zero-order valence-corrected chi connectivity index (χ0v) is 36.3. The number of rotatable bonds is 23. The molecule has 0 aliphatic carbocycles. The van der Waals surface area contributed by atoms with Crippen molar-refractivity contribution < 1.29 is 42.7 Å². The summed E-state index contributed by atoms with van der Waals surface area (Å²) >= 11 is 0. The molecule has 9 heteroatoms. The average Bonchev–Trinajstić information content (AvgIpc) is 3.29. The van der Waals surface area contributed by atoms with E-state index >= 15 is 0 Å². The fraction of sp³-hybridized carbons (Fsp3) is 0.385. The van der Waals surface area contributed by atoms with Crippen LogP contribution >= 0.6 is 0 Å². The van der Waals surface area contributed by atoms with Gasteiger partial charge >= 0.3 is 5.97 Å². The molecule has 0 unspecified atom stereocenters. The van der Waals surface area contributed by atoms with E-state index in [1.165, 1.54) is 52.6 Å². The smallest absolute Gasteiger partial charge is 0.303 e. The Morgan fingerprint density at radius 1 is 0.623 bits per heavy atom. The van der Waals surface area contributed by atoms with Gasteiger partial charge in [0.2, 0.25) is 0 Å². The molecular formula is C52H60O9. The molecule has 5 aromatic rings. The molecule has 0 N–H and O–H groups in total. The first kappa shape index (κ1) is 44.6. The highest BCUT2D eigenvalue weighted by Crippen LogP contribution is 2.54. The number of hydrogen-bond donors (Lipinski definition) is 0. The van der Waals surface area contributed by atoms with Crippen LogP contribution in [0.4, 0.5) is 0 Å². The van der Waals surface area contributed by atoms with Crippen LogP contribution in [-0.2, 0) is 22.7 Å². The van der Waals surface area contributed by atoms with Gasteiger partial charge < -0.3 is 33.2 Å². The minimum absolute atomic E-state index is 0.0934. The third kappa shape index (κ3) is 11.7. The van der Waals surface area contributed by atoms with Gasteiger partial charge in [-0.2, -0.15) is 0 Å².